The van der Waals surface area contributed by atoms with Crippen molar-refractivity contribution in [3.05, 3.63) is 30.3 Å². The Bertz CT molecular complexity index is 1000. The summed E-state index contributed by atoms with van der Waals surface area (Å²) >= 11 is 0. The number of carbonyl (C=O) groups excluding carboxylic acids is 4. The van der Waals surface area contributed by atoms with E-state index in [1.165, 1.54) is 19.1 Å². The third-order valence-corrected chi connectivity index (χ3v) is 5.81. The number of amides is 4. The van der Waals surface area contributed by atoms with Gasteiger partial charge in [0.05, 0.1) is 18.9 Å². The first-order chi connectivity index (χ1) is 16.1. The third-order valence-electron chi connectivity index (χ3n) is 5.81. The number of para-hydroxylation sites is 1. The highest BCUT2D eigenvalue weighted by molar-refractivity contribution is 6.09. The number of hydrogen-bond acceptors (Lipinski definition) is 7. The lowest BCUT2D eigenvalue weighted by atomic mass is 9.81. The van der Waals surface area contributed by atoms with Crippen LogP contribution in [0.5, 0.6) is 0 Å². The van der Waals surface area contributed by atoms with Crippen molar-refractivity contribution in [3.63, 3.8) is 0 Å². The molecule has 2 saturated heterocycles. The van der Waals surface area contributed by atoms with Crippen LogP contribution in [0, 0.1) is 11.8 Å². The normalized spacial score (nSPS) is 25.3. The third kappa shape index (κ3) is 5.70. The van der Waals surface area contributed by atoms with Gasteiger partial charge < -0.3 is 20.1 Å². The number of methoxy groups -OCH3 is 1. The van der Waals surface area contributed by atoms with Gasteiger partial charge in [-0.05, 0) is 19.1 Å². The number of carbonyl (C=O) groups is 5. The molecule has 0 radical (unpaired) electrons. The maximum absolute atomic E-state index is 12.6. The van der Waals surface area contributed by atoms with Gasteiger partial charge in [0, 0.05) is 32.4 Å². The minimum atomic E-state index is -5.08. The number of likely N-dealkylation sites (N-methyl/N-ethyl adjacent to an activating group) is 1. The number of nitrogens with one attached hydrogen (secondary N) is 2. The van der Waals surface area contributed by atoms with E-state index in [9.17, 15) is 32.3 Å². The van der Waals surface area contributed by atoms with Crippen LogP contribution in [0.2, 0.25) is 0 Å². The molecule has 35 heavy (non-hydrogen) atoms. The fraction of sp³-hybridized carbons (Fsp3) is 0.476. The number of anilines is 1. The van der Waals surface area contributed by atoms with Crippen molar-refractivity contribution in [3.8, 4) is 0 Å². The fourth-order valence-electron chi connectivity index (χ4n) is 4.09. The fourth-order valence-corrected chi connectivity index (χ4v) is 4.09. The molecule has 2 fully saturated rings. The first kappa shape index (κ1) is 27.6. The molecule has 0 aliphatic carbocycles. The molecule has 14 heteroatoms. The number of rotatable bonds is 4. The van der Waals surface area contributed by atoms with E-state index in [1.807, 2.05) is 6.07 Å². The minimum absolute atomic E-state index is 0.138. The van der Waals surface area contributed by atoms with Gasteiger partial charge in [0.1, 0.15) is 5.54 Å². The van der Waals surface area contributed by atoms with E-state index in [0.717, 1.165) is 4.90 Å². The smallest absolute Gasteiger partial charge is 0.475 e. The van der Waals surface area contributed by atoms with Crippen molar-refractivity contribution < 1.29 is 47.0 Å². The van der Waals surface area contributed by atoms with Crippen molar-refractivity contribution in [2.45, 2.75) is 24.7 Å². The number of carboxylic acid groups (broad SMARTS) is 1. The Balaban J connectivity index is 0.000000540. The quantitative estimate of drug-likeness (QED) is 0.407. The zero-order valence-electron chi connectivity index (χ0n) is 19.3. The highest BCUT2D eigenvalue weighted by Gasteiger charge is 2.66. The Morgan fingerprint density at radius 1 is 1.20 bits per heavy atom. The van der Waals surface area contributed by atoms with Gasteiger partial charge in [-0.2, -0.15) is 13.2 Å². The van der Waals surface area contributed by atoms with Gasteiger partial charge in [0.25, 0.3) is 0 Å². The molecule has 1 aromatic rings. The SMILES string of the molecule is COC(=O)[C@]1(C)N[C@H](CN(C)C(=O)Nc2ccccc2)[C@@H]2C(=O)N(C)C(=O)[C@@H]21.O=C(O)C(F)(F)F. The summed E-state index contributed by atoms with van der Waals surface area (Å²) in [6, 6.07) is 8.05. The predicted octanol–water partition coefficient (Wildman–Crippen LogP) is 0.918. The highest BCUT2D eigenvalue weighted by Crippen LogP contribution is 2.43. The van der Waals surface area contributed by atoms with Crippen LogP contribution < -0.4 is 10.6 Å². The molecule has 3 N–H and O–H groups in total. The number of nitrogens with zero attached hydrogens (tertiary/aromatic N) is 2. The number of alkyl halides is 3. The molecule has 0 saturated carbocycles. The zero-order chi connectivity index (χ0) is 26.7. The maximum atomic E-state index is 12.6. The number of ether oxygens (including phenoxy) is 1. The van der Waals surface area contributed by atoms with Gasteiger partial charge in [-0.25, -0.2) is 9.59 Å². The molecule has 192 valence electrons. The lowest BCUT2D eigenvalue weighted by Gasteiger charge is -2.29. The molecule has 2 heterocycles. The van der Waals surface area contributed by atoms with Crippen molar-refractivity contribution in [2.75, 3.05) is 33.1 Å². The van der Waals surface area contributed by atoms with Gasteiger partial charge in [-0.1, -0.05) is 18.2 Å². The standard InChI is InChI=1S/C19H24N4O5.C2HF3O2/c1-19(17(26)28-4)14-13(15(24)23(3)16(14)25)12(21-19)10-22(2)18(27)20-11-8-6-5-7-9-11;3-2(4,5)1(6)7/h5-9,12-14,21H,10H2,1-4H3,(H,20,27);(H,6,7)/t12-,13+,14-,19-;/m1./s1. The Labute approximate surface area is 198 Å². The average Bonchev–Trinajstić information content (AvgIpc) is 3.21. The van der Waals surface area contributed by atoms with Crippen LogP contribution in [0.4, 0.5) is 23.7 Å². The predicted molar refractivity (Wildman–Crippen MR) is 114 cm³/mol. The molecule has 1 aromatic carbocycles. The minimum Gasteiger partial charge on any atom is -0.475 e. The molecular weight excluding hydrogens is 477 g/mol. The summed E-state index contributed by atoms with van der Waals surface area (Å²) in [5, 5.41) is 13.0. The number of fused-ring (bicyclic) bond motifs is 1. The molecule has 4 atom stereocenters. The van der Waals surface area contributed by atoms with Gasteiger partial charge in [-0.15, -0.1) is 0 Å². The van der Waals surface area contributed by atoms with Crippen LogP contribution in [-0.2, 0) is 23.9 Å². The summed E-state index contributed by atoms with van der Waals surface area (Å²) < 4.78 is 36.6. The number of likely N-dealkylation sites (tertiary alicyclic amines) is 1. The number of esters is 1. The van der Waals surface area contributed by atoms with E-state index in [0.29, 0.717) is 5.69 Å². The number of halogens is 3. The molecule has 0 unspecified atom stereocenters. The van der Waals surface area contributed by atoms with Crippen LogP contribution in [0.25, 0.3) is 0 Å². The molecule has 2 aliphatic rings. The van der Waals surface area contributed by atoms with Crippen molar-refractivity contribution in [1.29, 1.82) is 0 Å². The molecule has 0 bridgehead atoms. The number of urea groups is 1. The van der Waals surface area contributed by atoms with E-state index in [-0.39, 0.29) is 18.5 Å². The first-order valence-electron chi connectivity index (χ1n) is 10.2. The van der Waals surface area contributed by atoms with Crippen LogP contribution in [0.3, 0.4) is 0 Å². The second-order valence-corrected chi connectivity index (χ2v) is 8.16. The zero-order valence-corrected chi connectivity index (χ0v) is 19.3. The highest BCUT2D eigenvalue weighted by atomic mass is 19.4. The Hall–Kier alpha value is -3.68. The molecule has 11 nitrogen and oxygen atoms in total. The lowest BCUT2D eigenvalue weighted by Crippen LogP contribution is -2.56. The first-order valence-corrected chi connectivity index (χ1v) is 10.2. The van der Waals surface area contributed by atoms with E-state index in [1.54, 1.807) is 38.2 Å². The monoisotopic (exact) mass is 502 g/mol. The molecule has 4 amide bonds. The van der Waals surface area contributed by atoms with Crippen LogP contribution >= 0.6 is 0 Å². The van der Waals surface area contributed by atoms with E-state index in [4.69, 9.17) is 14.6 Å². The summed E-state index contributed by atoms with van der Waals surface area (Å²) in [4.78, 5) is 61.5. The number of carboxylic acids is 1. The topological polar surface area (TPSA) is 145 Å². The van der Waals surface area contributed by atoms with Crippen molar-refractivity contribution in [1.82, 2.24) is 15.1 Å². The van der Waals surface area contributed by atoms with E-state index >= 15 is 0 Å². The number of benzene rings is 1. The summed E-state index contributed by atoms with van der Waals surface area (Å²) in [7, 11) is 4.24. The van der Waals surface area contributed by atoms with Gasteiger partial charge >= 0.3 is 24.1 Å². The van der Waals surface area contributed by atoms with Crippen LogP contribution in [-0.4, -0.2) is 90.2 Å². The molecule has 2 aliphatic heterocycles. The molecule has 0 spiro atoms. The van der Waals surface area contributed by atoms with Crippen LogP contribution in [0.1, 0.15) is 6.92 Å². The van der Waals surface area contributed by atoms with Gasteiger partial charge in [-0.3, -0.25) is 24.6 Å². The summed E-state index contributed by atoms with van der Waals surface area (Å²) in [5.41, 5.74) is -0.693. The van der Waals surface area contributed by atoms with Gasteiger partial charge in [0.15, 0.2) is 0 Å². The number of aliphatic carboxylic acids is 1. The van der Waals surface area contributed by atoms with E-state index < -0.39 is 47.4 Å². The second-order valence-electron chi connectivity index (χ2n) is 8.16. The molecular formula is C21H25F3N4O7. The summed E-state index contributed by atoms with van der Waals surface area (Å²) in [6.45, 7) is 1.70. The average molecular weight is 502 g/mol. The summed E-state index contributed by atoms with van der Waals surface area (Å²) in [6.07, 6.45) is -5.08. The Morgan fingerprint density at radius 3 is 2.23 bits per heavy atom. The number of hydrogen-bond donors (Lipinski definition) is 3. The van der Waals surface area contributed by atoms with Crippen molar-refractivity contribution in [2.24, 2.45) is 11.8 Å². The maximum Gasteiger partial charge on any atom is 0.490 e. The lowest BCUT2D eigenvalue weighted by molar-refractivity contribution is -0.192. The molecule has 3 rings (SSSR count). The van der Waals surface area contributed by atoms with Gasteiger partial charge in [0.2, 0.25) is 11.8 Å². The summed E-state index contributed by atoms with van der Waals surface area (Å²) in [5.74, 6) is -5.77. The van der Waals surface area contributed by atoms with Crippen LogP contribution in [0.15, 0.2) is 30.3 Å². The largest absolute Gasteiger partial charge is 0.490 e. The number of imide groups is 1. The van der Waals surface area contributed by atoms with Crippen molar-refractivity contribution >= 4 is 35.5 Å². The Kier molecular flexibility index (Phi) is 8.11. The molecule has 0 aromatic heterocycles. The second kappa shape index (κ2) is 10.3. The van der Waals surface area contributed by atoms with E-state index in [2.05, 4.69) is 10.6 Å². The Morgan fingerprint density at radius 2 is 1.74 bits per heavy atom.